The van der Waals surface area contributed by atoms with E-state index in [1.807, 2.05) is 6.92 Å². The molecule has 0 radical (unpaired) electrons. The smallest absolute Gasteiger partial charge is 0.132 e. The first kappa shape index (κ1) is 15.1. The maximum absolute atomic E-state index is 13.6. The molecule has 0 saturated heterocycles. The molecule has 0 aliphatic carbocycles. The standard InChI is InChI=1S/C14H21F2NO/c1-4-5-10(2)17-9-14(3,18)12-7-6-11(15)8-13(12)16/h6-8,10,17-18H,4-5,9H2,1-3H3. The molecule has 0 aromatic heterocycles. The van der Waals surface area contributed by atoms with E-state index in [4.69, 9.17) is 0 Å². The highest BCUT2D eigenvalue weighted by Gasteiger charge is 2.27. The van der Waals surface area contributed by atoms with Crippen LogP contribution in [-0.4, -0.2) is 17.7 Å². The fourth-order valence-corrected chi connectivity index (χ4v) is 1.93. The van der Waals surface area contributed by atoms with Crippen molar-refractivity contribution in [2.75, 3.05) is 6.54 Å². The quantitative estimate of drug-likeness (QED) is 0.821. The number of rotatable bonds is 6. The van der Waals surface area contributed by atoms with Gasteiger partial charge in [-0.05, 0) is 26.3 Å². The van der Waals surface area contributed by atoms with E-state index < -0.39 is 17.2 Å². The molecule has 2 N–H and O–H groups in total. The van der Waals surface area contributed by atoms with Crippen LogP contribution in [0.15, 0.2) is 18.2 Å². The Bertz CT molecular complexity index is 393. The normalized spacial score (nSPS) is 16.3. The van der Waals surface area contributed by atoms with E-state index in [0.717, 1.165) is 25.0 Å². The van der Waals surface area contributed by atoms with Crippen LogP contribution in [0.25, 0.3) is 0 Å². The van der Waals surface area contributed by atoms with Gasteiger partial charge in [-0.1, -0.05) is 19.4 Å². The molecule has 2 unspecified atom stereocenters. The number of nitrogens with one attached hydrogen (secondary N) is 1. The van der Waals surface area contributed by atoms with Gasteiger partial charge < -0.3 is 10.4 Å². The minimum atomic E-state index is -1.35. The first-order valence-corrected chi connectivity index (χ1v) is 6.28. The molecule has 18 heavy (non-hydrogen) atoms. The third-order valence-corrected chi connectivity index (χ3v) is 3.03. The summed E-state index contributed by atoms with van der Waals surface area (Å²) in [5.41, 5.74) is -1.24. The van der Waals surface area contributed by atoms with Crippen molar-refractivity contribution >= 4 is 0 Å². The van der Waals surface area contributed by atoms with Crippen molar-refractivity contribution in [1.82, 2.24) is 5.32 Å². The predicted octanol–water partition coefficient (Wildman–Crippen LogP) is 2.95. The van der Waals surface area contributed by atoms with Crippen LogP contribution < -0.4 is 5.32 Å². The zero-order chi connectivity index (χ0) is 13.8. The third kappa shape index (κ3) is 4.03. The average molecular weight is 257 g/mol. The van der Waals surface area contributed by atoms with Gasteiger partial charge in [-0.3, -0.25) is 0 Å². The van der Waals surface area contributed by atoms with Gasteiger partial charge in [-0.15, -0.1) is 0 Å². The second-order valence-electron chi connectivity index (χ2n) is 4.97. The lowest BCUT2D eigenvalue weighted by molar-refractivity contribution is 0.0503. The minimum Gasteiger partial charge on any atom is -0.384 e. The Morgan fingerprint density at radius 1 is 1.39 bits per heavy atom. The van der Waals surface area contributed by atoms with Gasteiger partial charge in [-0.2, -0.15) is 0 Å². The fraction of sp³-hybridized carbons (Fsp3) is 0.571. The molecule has 0 fully saturated rings. The average Bonchev–Trinajstić information content (AvgIpc) is 2.26. The molecule has 0 bridgehead atoms. The van der Waals surface area contributed by atoms with Gasteiger partial charge in [-0.25, -0.2) is 8.78 Å². The van der Waals surface area contributed by atoms with Gasteiger partial charge in [0.25, 0.3) is 0 Å². The fourth-order valence-electron chi connectivity index (χ4n) is 1.93. The van der Waals surface area contributed by atoms with E-state index in [-0.39, 0.29) is 18.2 Å². The van der Waals surface area contributed by atoms with Crippen molar-refractivity contribution in [3.8, 4) is 0 Å². The summed E-state index contributed by atoms with van der Waals surface area (Å²) in [6, 6.07) is 3.49. The summed E-state index contributed by atoms with van der Waals surface area (Å²) in [6.07, 6.45) is 2.03. The Morgan fingerprint density at radius 3 is 2.61 bits per heavy atom. The SMILES string of the molecule is CCCC(C)NCC(C)(O)c1ccc(F)cc1F. The summed E-state index contributed by atoms with van der Waals surface area (Å²) in [6.45, 7) is 5.85. The summed E-state index contributed by atoms with van der Waals surface area (Å²) in [4.78, 5) is 0. The van der Waals surface area contributed by atoms with Crippen molar-refractivity contribution < 1.29 is 13.9 Å². The van der Waals surface area contributed by atoms with Crippen LogP contribution in [0.1, 0.15) is 39.2 Å². The Balaban J connectivity index is 2.73. The first-order valence-electron chi connectivity index (χ1n) is 6.28. The number of hydrogen-bond donors (Lipinski definition) is 2. The van der Waals surface area contributed by atoms with Gasteiger partial charge in [0, 0.05) is 24.2 Å². The number of halogens is 2. The lowest BCUT2D eigenvalue weighted by Crippen LogP contribution is -2.40. The lowest BCUT2D eigenvalue weighted by Gasteiger charge is -2.27. The maximum atomic E-state index is 13.6. The van der Waals surface area contributed by atoms with Crippen LogP contribution in [0.4, 0.5) is 8.78 Å². The van der Waals surface area contributed by atoms with E-state index >= 15 is 0 Å². The predicted molar refractivity (Wildman–Crippen MR) is 68.3 cm³/mol. The van der Waals surface area contributed by atoms with Crippen LogP contribution in [0, 0.1) is 11.6 Å². The molecule has 0 aliphatic rings. The van der Waals surface area contributed by atoms with E-state index in [2.05, 4.69) is 12.2 Å². The highest BCUT2D eigenvalue weighted by Crippen LogP contribution is 2.23. The monoisotopic (exact) mass is 257 g/mol. The number of aliphatic hydroxyl groups is 1. The van der Waals surface area contributed by atoms with E-state index in [1.165, 1.54) is 13.0 Å². The molecule has 2 atom stereocenters. The van der Waals surface area contributed by atoms with Crippen molar-refractivity contribution in [3.63, 3.8) is 0 Å². The van der Waals surface area contributed by atoms with Crippen molar-refractivity contribution in [1.29, 1.82) is 0 Å². The third-order valence-electron chi connectivity index (χ3n) is 3.03. The second kappa shape index (κ2) is 6.25. The largest absolute Gasteiger partial charge is 0.384 e. The highest BCUT2D eigenvalue weighted by atomic mass is 19.1. The molecule has 0 spiro atoms. The first-order chi connectivity index (χ1) is 8.36. The zero-order valence-electron chi connectivity index (χ0n) is 11.1. The topological polar surface area (TPSA) is 32.3 Å². The summed E-state index contributed by atoms with van der Waals surface area (Å²) in [5, 5.41) is 13.4. The molecular formula is C14H21F2NO. The molecule has 102 valence electrons. The Labute approximate surface area is 107 Å². The second-order valence-corrected chi connectivity index (χ2v) is 4.97. The van der Waals surface area contributed by atoms with Crippen molar-refractivity contribution in [3.05, 3.63) is 35.4 Å². The molecule has 0 aliphatic heterocycles. The highest BCUT2D eigenvalue weighted by molar-refractivity contribution is 5.24. The minimum absolute atomic E-state index is 0.111. The van der Waals surface area contributed by atoms with E-state index in [9.17, 15) is 13.9 Å². The molecule has 0 heterocycles. The molecular weight excluding hydrogens is 236 g/mol. The van der Waals surface area contributed by atoms with Gasteiger partial charge in [0.1, 0.15) is 17.2 Å². The summed E-state index contributed by atoms with van der Waals surface area (Å²) in [5.74, 6) is -1.36. The van der Waals surface area contributed by atoms with Gasteiger partial charge in [0.2, 0.25) is 0 Å². The molecule has 2 nitrogen and oxygen atoms in total. The van der Waals surface area contributed by atoms with E-state index in [0.29, 0.717) is 0 Å². The Kier molecular flexibility index (Phi) is 5.23. The van der Waals surface area contributed by atoms with Crippen LogP contribution in [0.3, 0.4) is 0 Å². The van der Waals surface area contributed by atoms with Gasteiger partial charge in [0.05, 0.1) is 0 Å². The van der Waals surface area contributed by atoms with Crippen LogP contribution in [-0.2, 0) is 5.60 Å². The maximum Gasteiger partial charge on any atom is 0.132 e. The molecule has 1 aromatic carbocycles. The van der Waals surface area contributed by atoms with Crippen molar-refractivity contribution in [2.45, 2.75) is 45.3 Å². The lowest BCUT2D eigenvalue weighted by atomic mass is 9.95. The summed E-state index contributed by atoms with van der Waals surface area (Å²) in [7, 11) is 0. The van der Waals surface area contributed by atoms with Gasteiger partial charge in [0.15, 0.2) is 0 Å². The number of benzene rings is 1. The van der Waals surface area contributed by atoms with Crippen LogP contribution >= 0.6 is 0 Å². The summed E-state index contributed by atoms with van der Waals surface area (Å²) < 4.78 is 26.4. The van der Waals surface area contributed by atoms with Crippen molar-refractivity contribution in [2.24, 2.45) is 0 Å². The number of hydrogen-bond acceptors (Lipinski definition) is 2. The molecule has 1 rings (SSSR count). The molecule has 0 saturated carbocycles. The van der Waals surface area contributed by atoms with Crippen LogP contribution in [0.5, 0.6) is 0 Å². The van der Waals surface area contributed by atoms with Gasteiger partial charge >= 0.3 is 0 Å². The Hall–Kier alpha value is -1.00. The zero-order valence-corrected chi connectivity index (χ0v) is 11.1. The van der Waals surface area contributed by atoms with E-state index in [1.54, 1.807) is 0 Å². The summed E-state index contributed by atoms with van der Waals surface area (Å²) >= 11 is 0. The molecule has 0 amide bonds. The molecule has 1 aromatic rings. The van der Waals surface area contributed by atoms with Crippen LogP contribution in [0.2, 0.25) is 0 Å². The molecule has 4 heteroatoms. The Morgan fingerprint density at radius 2 is 2.06 bits per heavy atom.